The van der Waals surface area contributed by atoms with Crippen molar-refractivity contribution < 1.29 is 75.5 Å². The summed E-state index contributed by atoms with van der Waals surface area (Å²) in [7, 11) is 0. The van der Waals surface area contributed by atoms with Gasteiger partial charge in [-0.25, -0.2) is 10.4 Å². The number of nitrogens with one attached hydrogen (secondary N) is 2. The number of nitrogens with zero attached hydrogens (tertiary/aromatic N) is 2. The third-order valence-electron chi connectivity index (χ3n) is 4.28. The first-order valence-electron chi connectivity index (χ1n) is 9.52. The van der Waals surface area contributed by atoms with E-state index in [-0.39, 0.29) is 63.9 Å². The number of carbonyl (C=O) groups excluding carboxylic acids is 1. The van der Waals surface area contributed by atoms with Crippen LogP contribution >= 0.6 is 12.2 Å². The van der Waals surface area contributed by atoms with E-state index in [4.69, 9.17) is 23.2 Å². The maximum Gasteiger partial charge on any atom is 0.417 e. The van der Waals surface area contributed by atoms with E-state index in [1.807, 2.05) is 13.8 Å². The van der Waals surface area contributed by atoms with Crippen LogP contribution in [0.3, 0.4) is 0 Å². The van der Waals surface area contributed by atoms with Crippen molar-refractivity contribution in [3.63, 3.8) is 0 Å². The van der Waals surface area contributed by atoms with Crippen molar-refractivity contribution in [1.82, 2.24) is 4.90 Å². The molecule has 0 aliphatic carbocycles. The molecule has 35 heavy (non-hydrogen) atoms. The fourth-order valence-corrected chi connectivity index (χ4v) is 3.01. The van der Waals surface area contributed by atoms with E-state index in [9.17, 15) is 22.4 Å². The van der Waals surface area contributed by atoms with E-state index in [0.29, 0.717) is 12.8 Å². The van der Waals surface area contributed by atoms with Crippen molar-refractivity contribution in [2.45, 2.75) is 39.8 Å². The maximum atomic E-state index is 14.4. The predicted molar refractivity (Wildman–Crippen MR) is 119 cm³/mol. The van der Waals surface area contributed by atoms with Gasteiger partial charge in [-0.3, -0.25) is 0 Å². The number of carbonyl (C=O) groups is 1. The van der Waals surface area contributed by atoms with Gasteiger partial charge in [0.15, 0.2) is 0 Å². The minimum Gasteiger partial charge on any atom is -0.663 e. The van der Waals surface area contributed by atoms with Crippen LogP contribution in [-0.2, 0) is 64.1 Å². The number of benzene rings is 1. The topological polar surface area (TPSA) is 79.9 Å². The molecule has 13 heteroatoms. The summed E-state index contributed by atoms with van der Waals surface area (Å²) < 4.78 is 54.1. The summed E-state index contributed by atoms with van der Waals surface area (Å²) >= 11 is 5.32. The Morgan fingerprint density at radius 1 is 1.29 bits per heavy atom. The van der Waals surface area contributed by atoms with Crippen LogP contribution in [0.5, 0.6) is 0 Å². The van der Waals surface area contributed by atoms with Crippen LogP contribution in [0.1, 0.15) is 44.7 Å². The van der Waals surface area contributed by atoms with E-state index in [2.05, 4.69) is 5.32 Å². The first-order chi connectivity index (χ1) is 15.0. The minimum absolute atomic E-state index is 0. The summed E-state index contributed by atoms with van der Waals surface area (Å²) in [6, 6.07) is 5.31. The van der Waals surface area contributed by atoms with Gasteiger partial charge in [-0.15, -0.1) is 0 Å². The van der Waals surface area contributed by atoms with Crippen LogP contribution in [0, 0.1) is 17.4 Å². The van der Waals surface area contributed by atoms with Crippen LogP contribution in [-0.4, -0.2) is 15.9 Å². The number of rotatable bonds is 8. The molecule has 1 aromatic carbocycles. The first-order valence-corrected chi connectivity index (χ1v) is 9.93. The molecule has 2 N–H and O–H groups in total. The number of alkyl halides is 3. The molecule has 0 saturated carbocycles. The number of anilines is 1. The van der Waals surface area contributed by atoms with Gasteiger partial charge in [-0.2, -0.15) is 31.3 Å². The van der Waals surface area contributed by atoms with Crippen LogP contribution in [0.15, 0.2) is 54.0 Å². The molecular formula is C22H22F4N4OReRfSY-2. The summed E-state index contributed by atoms with van der Waals surface area (Å²) in [6.45, 7) is 5.23. The molecule has 2 radical (unpaired) electrons. The molecule has 5 nitrogen and oxygen atoms in total. The Balaban J connectivity index is -0.00000341. The number of hydrogen-bond acceptors (Lipinski definition) is 3. The fourth-order valence-electron chi connectivity index (χ4n) is 2.71. The molecule has 0 bridgehead atoms. The zero-order valence-corrected chi connectivity index (χ0v) is 32.1. The second-order valence-corrected chi connectivity index (χ2v) is 6.74. The Bertz CT molecular complexity index is 993. The van der Waals surface area contributed by atoms with Gasteiger partial charge in [0.25, 0.3) is 0 Å². The Kier molecular flexibility index (Phi) is 18.1. The molecule has 0 saturated heterocycles. The molecular weight excluding hydrogens is 986 g/mol. The van der Waals surface area contributed by atoms with Gasteiger partial charge in [0, 0.05) is 64.4 Å². The number of thiocarbonyl (C=S) groups is 1. The average molecular weight is 1010 g/mol. The Morgan fingerprint density at radius 2 is 1.86 bits per heavy atom. The molecule has 0 aromatic heterocycles. The molecule has 0 atom stereocenters. The number of allylic oxidation sites excluding steroid dienone is 3. The standard InChI is InChI=1S/C22H23F4N4OS.Re.Rf.Y/c1-4-7-17(20(28)31)19(23)10-11-30(16(5-2)6-3)21(32)29-15-9-8-14(13-27)18(12-15)22(24,25)26;;;/h4,7-12H,5-6H2,1-3H3,(H3,28,29,31,32);;;/q-1;;;/p-1/b7-4-,11-10+,19-17-;;;. The summed E-state index contributed by atoms with van der Waals surface area (Å²) in [5.74, 6) is -2.16. The third-order valence-corrected chi connectivity index (χ3v) is 4.58. The molecule has 0 aliphatic heterocycles. The minimum atomic E-state index is -4.73. The van der Waals surface area contributed by atoms with Crippen molar-refractivity contribution in [3.8, 4) is 6.07 Å². The maximum absolute atomic E-state index is 14.4. The fraction of sp³-hybridized carbons (Fsp3) is 0.273. The van der Waals surface area contributed by atoms with Gasteiger partial charge in [-0.1, -0.05) is 26.0 Å². The van der Waals surface area contributed by atoms with E-state index < -0.39 is 34.6 Å². The molecule has 0 unspecified atom stereocenters. The summed E-state index contributed by atoms with van der Waals surface area (Å²) in [4.78, 5) is 12.7. The van der Waals surface area contributed by atoms with Gasteiger partial charge in [0.2, 0.25) is 0 Å². The monoisotopic (exact) mass is 1010 g/mol. The molecule has 0 fully saturated rings. The number of amides is 1. The summed E-state index contributed by atoms with van der Waals surface area (Å²) in [5, 5.41) is 11.6. The number of hydrogen-bond donors (Lipinski definition) is 1. The molecule has 1 aromatic rings. The second-order valence-electron chi connectivity index (χ2n) is 6.35. The van der Waals surface area contributed by atoms with Crippen molar-refractivity contribution in [2.24, 2.45) is 0 Å². The Labute approximate surface area is 241 Å². The van der Waals surface area contributed by atoms with Crippen LogP contribution < -0.4 is 5.32 Å². The number of nitriles is 1. The van der Waals surface area contributed by atoms with Crippen LogP contribution in [0.25, 0.3) is 5.73 Å². The van der Waals surface area contributed by atoms with Crippen molar-refractivity contribution in [2.75, 3.05) is 5.32 Å². The van der Waals surface area contributed by atoms with Gasteiger partial charge in [0.1, 0.15) is 10.9 Å². The van der Waals surface area contributed by atoms with Gasteiger partial charge < -0.3 is 20.7 Å². The largest absolute Gasteiger partial charge is 0.663 e. The Hall–Kier alpha value is -2.42. The normalized spacial score (nSPS) is 11.6. The Morgan fingerprint density at radius 3 is 2.29 bits per heavy atom. The van der Waals surface area contributed by atoms with E-state index >= 15 is 0 Å². The van der Waals surface area contributed by atoms with Gasteiger partial charge >= 0.3 is 6.18 Å². The van der Waals surface area contributed by atoms with Crippen molar-refractivity contribution >= 4 is 28.9 Å². The average Bonchev–Trinajstić information content (AvgIpc) is 2.73. The second kappa shape index (κ2) is 17.1. The number of halogens is 4. The zero-order valence-electron chi connectivity index (χ0n) is 19.3. The molecule has 184 valence electrons. The molecule has 0 heterocycles. The van der Waals surface area contributed by atoms with Crippen LogP contribution in [0.2, 0.25) is 0 Å². The van der Waals surface area contributed by atoms with E-state index in [0.717, 1.165) is 30.3 Å². The SMILES string of the molecule is C\C=C/C(C([NH-])=O)=C(F)\C=C\N(C(=S)Nc1ccc(C#N)c(C(F)(F)F)c1)[C-](CC)CC.[Re].[Rf].[Y]. The summed E-state index contributed by atoms with van der Waals surface area (Å²) in [6.07, 6.45) is 1.07. The van der Waals surface area contributed by atoms with E-state index in [1.54, 1.807) is 6.92 Å². The molecule has 1 amide bonds. The summed E-state index contributed by atoms with van der Waals surface area (Å²) in [5.41, 5.74) is 5.08. The van der Waals surface area contributed by atoms with Gasteiger partial charge in [0.05, 0.1) is 23.1 Å². The smallest absolute Gasteiger partial charge is 0.417 e. The first kappa shape index (κ1) is 37.1. The predicted octanol–water partition coefficient (Wildman–Crippen LogP) is 6.82. The molecule has 1 rings (SSSR count). The van der Waals surface area contributed by atoms with Crippen LogP contribution in [0.4, 0.5) is 23.2 Å². The quantitative estimate of drug-likeness (QED) is 0.102. The van der Waals surface area contributed by atoms with Gasteiger partial charge in [-0.05, 0) is 49.6 Å². The van der Waals surface area contributed by atoms with Crippen molar-refractivity contribution in [3.05, 3.63) is 76.9 Å². The van der Waals surface area contributed by atoms with Crippen molar-refractivity contribution in [1.29, 1.82) is 5.26 Å². The zero-order chi connectivity index (χ0) is 24.5. The third kappa shape index (κ3) is 10.8. The van der Waals surface area contributed by atoms with E-state index in [1.165, 1.54) is 29.3 Å². The molecule has 0 aliphatic rings. The molecule has 0 spiro atoms.